The zero-order chi connectivity index (χ0) is 20.8. The molecule has 0 amide bonds. The molecule has 0 atom stereocenters. The van der Waals surface area contributed by atoms with Gasteiger partial charge in [0.25, 0.3) is 0 Å². The smallest absolute Gasteiger partial charge is 0.246 e. The van der Waals surface area contributed by atoms with Crippen molar-refractivity contribution in [2.75, 3.05) is 59.2 Å². The van der Waals surface area contributed by atoms with Crippen LogP contribution in [0, 0.1) is 0 Å². The summed E-state index contributed by atoms with van der Waals surface area (Å²) < 4.78 is 64.6. The third kappa shape index (κ3) is 5.35. The Hall–Kier alpha value is -1.40. The lowest BCUT2D eigenvalue weighted by Gasteiger charge is -2.28. The maximum absolute atomic E-state index is 13.2. The van der Waals surface area contributed by atoms with Gasteiger partial charge >= 0.3 is 0 Å². The molecule has 28 heavy (non-hydrogen) atoms. The monoisotopic (exact) mass is 435 g/mol. The largest absolute Gasteiger partial charge is 0.497 e. The van der Waals surface area contributed by atoms with Crippen LogP contribution in [-0.4, -0.2) is 84.7 Å². The van der Waals surface area contributed by atoms with Crippen LogP contribution in [0.4, 0.5) is 0 Å². The molecule has 0 radical (unpaired) electrons. The van der Waals surface area contributed by atoms with Crippen molar-refractivity contribution in [3.63, 3.8) is 0 Å². The van der Waals surface area contributed by atoms with E-state index >= 15 is 0 Å². The molecule has 1 saturated heterocycles. The Bertz CT molecular complexity index is 852. The van der Waals surface area contributed by atoms with Gasteiger partial charge in [-0.1, -0.05) is 6.92 Å². The Labute approximate surface area is 167 Å². The minimum absolute atomic E-state index is 0.0395. The maximum atomic E-state index is 13.2. The molecule has 1 aromatic carbocycles. The van der Waals surface area contributed by atoms with Crippen molar-refractivity contribution in [2.24, 2.45) is 0 Å². The number of ether oxygens (including phenoxy) is 2. The first-order valence-electron chi connectivity index (χ1n) is 9.17. The highest BCUT2D eigenvalue weighted by atomic mass is 32.2. The SMILES string of the molecule is CCCN(CCS(=O)(=O)N1CCNCC1)S(=O)(=O)c1cc(OC)ccc1OC. The summed E-state index contributed by atoms with van der Waals surface area (Å²) in [4.78, 5) is -0.0395. The number of benzene rings is 1. The summed E-state index contributed by atoms with van der Waals surface area (Å²) in [5.74, 6) is 0.300. The average Bonchev–Trinajstić information content (AvgIpc) is 2.71. The van der Waals surface area contributed by atoms with Gasteiger partial charge < -0.3 is 14.8 Å². The molecule has 1 fully saturated rings. The van der Waals surface area contributed by atoms with Crippen LogP contribution in [0.25, 0.3) is 0 Å². The molecule has 11 heteroatoms. The predicted octanol–water partition coefficient (Wildman–Crippen LogP) is 0.340. The second-order valence-corrected chi connectivity index (χ2v) is 10.4. The standard InChI is InChI=1S/C17H29N3O6S2/c1-4-9-20(12-13-27(21,22)19-10-7-18-8-11-19)28(23,24)17-14-15(25-2)5-6-16(17)26-3/h5-6,14,18H,4,7-13H2,1-3H3. The topological polar surface area (TPSA) is 105 Å². The average molecular weight is 436 g/mol. The minimum Gasteiger partial charge on any atom is -0.497 e. The number of sulfonamides is 2. The van der Waals surface area contributed by atoms with Gasteiger partial charge in [0.1, 0.15) is 16.4 Å². The number of hydrogen-bond acceptors (Lipinski definition) is 7. The normalized spacial score (nSPS) is 16.3. The van der Waals surface area contributed by atoms with Crippen molar-refractivity contribution in [1.29, 1.82) is 0 Å². The van der Waals surface area contributed by atoms with Crippen molar-refractivity contribution in [1.82, 2.24) is 13.9 Å². The zero-order valence-corrected chi connectivity index (χ0v) is 18.2. The summed E-state index contributed by atoms with van der Waals surface area (Å²) in [5.41, 5.74) is 0. The van der Waals surface area contributed by atoms with Gasteiger partial charge in [-0.15, -0.1) is 0 Å². The number of piperazine rings is 1. The van der Waals surface area contributed by atoms with E-state index in [1.54, 1.807) is 6.07 Å². The van der Waals surface area contributed by atoms with Gasteiger partial charge in [-0.2, -0.15) is 8.61 Å². The summed E-state index contributed by atoms with van der Waals surface area (Å²) in [5, 5.41) is 3.10. The minimum atomic E-state index is -3.96. The molecule has 1 N–H and O–H groups in total. The van der Waals surface area contributed by atoms with Crippen molar-refractivity contribution >= 4 is 20.0 Å². The van der Waals surface area contributed by atoms with E-state index in [2.05, 4.69) is 5.32 Å². The van der Waals surface area contributed by atoms with E-state index in [0.29, 0.717) is 38.3 Å². The first-order chi connectivity index (χ1) is 13.3. The highest BCUT2D eigenvalue weighted by molar-refractivity contribution is 7.90. The number of nitrogens with zero attached hydrogens (tertiary/aromatic N) is 2. The molecule has 0 saturated carbocycles. The van der Waals surface area contributed by atoms with Crippen LogP contribution in [-0.2, 0) is 20.0 Å². The van der Waals surface area contributed by atoms with E-state index in [9.17, 15) is 16.8 Å². The second-order valence-electron chi connectivity index (χ2n) is 6.39. The maximum Gasteiger partial charge on any atom is 0.246 e. The molecule has 1 heterocycles. The fourth-order valence-corrected chi connectivity index (χ4v) is 6.26. The lowest BCUT2D eigenvalue weighted by atomic mass is 10.3. The molecule has 9 nitrogen and oxygen atoms in total. The summed E-state index contributed by atoms with van der Waals surface area (Å²) >= 11 is 0. The quantitative estimate of drug-likeness (QED) is 0.565. The van der Waals surface area contributed by atoms with Crippen molar-refractivity contribution < 1.29 is 26.3 Å². The molecule has 0 aliphatic carbocycles. The molecular formula is C17H29N3O6S2. The van der Waals surface area contributed by atoms with Crippen LogP contribution < -0.4 is 14.8 Å². The molecule has 1 aromatic rings. The molecule has 2 rings (SSSR count). The van der Waals surface area contributed by atoms with Crippen molar-refractivity contribution in [3.05, 3.63) is 18.2 Å². The number of methoxy groups -OCH3 is 2. The van der Waals surface area contributed by atoms with Crippen LogP contribution in [0.3, 0.4) is 0 Å². The van der Waals surface area contributed by atoms with Crippen molar-refractivity contribution in [3.8, 4) is 11.5 Å². The van der Waals surface area contributed by atoms with Gasteiger partial charge in [-0.3, -0.25) is 0 Å². The van der Waals surface area contributed by atoms with Crippen LogP contribution in [0.15, 0.2) is 23.1 Å². The summed E-state index contributed by atoms with van der Waals surface area (Å²) in [6.45, 7) is 3.91. The van der Waals surface area contributed by atoms with Gasteiger partial charge in [-0.25, -0.2) is 16.8 Å². The number of nitrogens with one attached hydrogen (secondary N) is 1. The predicted molar refractivity (Wildman–Crippen MR) is 107 cm³/mol. The Balaban J connectivity index is 2.27. The molecular weight excluding hydrogens is 406 g/mol. The lowest BCUT2D eigenvalue weighted by molar-refractivity contribution is 0.355. The summed E-state index contributed by atoms with van der Waals surface area (Å²) in [6.07, 6.45) is 0.555. The van der Waals surface area contributed by atoms with Crippen LogP contribution >= 0.6 is 0 Å². The highest BCUT2D eigenvalue weighted by Crippen LogP contribution is 2.30. The molecule has 0 spiro atoms. The highest BCUT2D eigenvalue weighted by Gasteiger charge is 2.31. The molecule has 0 unspecified atom stereocenters. The molecule has 0 bridgehead atoms. The molecule has 160 valence electrons. The van der Waals surface area contributed by atoms with Gasteiger partial charge in [0.15, 0.2) is 0 Å². The van der Waals surface area contributed by atoms with Crippen LogP contribution in [0.1, 0.15) is 13.3 Å². The lowest BCUT2D eigenvalue weighted by Crippen LogP contribution is -2.48. The Morgan fingerprint density at radius 2 is 1.75 bits per heavy atom. The van der Waals surface area contributed by atoms with Crippen LogP contribution in [0.5, 0.6) is 11.5 Å². The Morgan fingerprint density at radius 3 is 2.32 bits per heavy atom. The third-order valence-electron chi connectivity index (χ3n) is 4.53. The fourth-order valence-electron chi connectivity index (χ4n) is 3.00. The Morgan fingerprint density at radius 1 is 1.07 bits per heavy atom. The van der Waals surface area contributed by atoms with E-state index in [-0.39, 0.29) is 29.5 Å². The van der Waals surface area contributed by atoms with Crippen molar-refractivity contribution in [2.45, 2.75) is 18.2 Å². The van der Waals surface area contributed by atoms with E-state index in [1.807, 2.05) is 6.92 Å². The molecule has 1 aliphatic heterocycles. The second kappa shape index (κ2) is 9.88. The number of hydrogen-bond donors (Lipinski definition) is 1. The first-order valence-corrected chi connectivity index (χ1v) is 12.2. The van der Waals surface area contributed by atoms with E-state index < -0.39 is 20.0 Å². The zero-order valence-electron chi connectivity index (χ0n) is 16.5. The van der Waals surface area contributed by atoms with E-state index in [0.717, 1.165) is 0 Å². The van der Waals surface area contributed by atoms with Gasteiger partial charge in [0, 0.05) is 45.3 Å². The van der Waals surface area contributed by atoms with Gasteiger partial charge in [0.2, 0.25) is 20.0 Å². The fraction of sp³-hybridized carbons (Fsp3) is 0.647. The van der Waals surface area contributed by atoms with E-state index in [1.165, 1.54) is 35.0 Å². The van der Waals surface area contributed by atoms with E-state index in [4.69, 9.17) is 9.47 Å². The molecule has 0 aromatic heterocycles. The summed E-state index contributed by atoms with van der Waals surface area (Å²) in [6, 6.07) is 4.52. The summed E-state index contributed by atoms with van der Waals surface area (Å²) in [7, 11) is -4.66. The first kappa shape index (κ1) is 22.9. The van der Waals surface area contributed by atoms with Gasteiger partial charge in [0.05, 0.1) is 20.0 Å². The third-order valence-corrected chi connectivity index (χ3v) is 8.30. The van der Waals surface area contributed by atoms with Gasteiger partial charge in [-0.05, 0) is 18.6 Å². The van der Waals surface area contributed by atoms with Crippen LogP contribution in [0.2, 0.25) is 0 Å². The number of rotatable bonds is 10. The molecule has 1 aliphatic rings. The Kier molecular flexibility index (Phi) is 8.07.